The normalized spacial score (nSPS) is 13.0. The fourth-order valence-corrected chi connectivity index (χ4v) is 1.36. The molecule has 0 aromatic rings. The van der Waals surface area contributed by atoms with Crippen LogP contribution in [0.2, 0.25) is 0 Å². The van der Waals surface area contributed by atoms with E-state index in [2.05, 4.69) is 13.8 Å². The first-order chi connectivity index (χ1) is 7.65. The average Bonchev–Trinajstić information content (AvgIpc) is 2.29. The smallest absolute Gasteiger partial charge is 0.334 e. The molecule has 0 saturated carbocycles. The van der Waals surface area contributed by atoms with E-state index in [1.165, 1.54) is 12.5 Å². The average molecular weight is 223 g/mol. The second-order valence-corrected chi connectivity index (χ2v) is 3.97. The zero-order valence-electron chi connectivity index (χ0n) is 10.5. The van der Waals surface area contributed by atoms with Crippen molar-refractivity contribution in [1.82, 2.24) is 0 Å². The highest BCUT2D eigenvalue weighted by Crippen LogP contribution is 2.13. The molecule has 0 aliphatic heterocycles. The summed E-state index contributed by atoms with van der Waals surface area (Å²) in [6, 6.07) is 1.82. The van der Waals surface area contributed by atoms with Crippen LogP contribution in [0, 0.1) is 17.2 Å². The molecule has 0 N–H and O–H groups in total. The molecular weight excluding hydrogens is 202 g/mol. The largest absolute Gasteiger partial charge is 0.462 e. The van der Waals surface area contributed by atoms with Crippen LogP contribution in [0.15, 0.2) is 11.6 Å². The number of nitrogens with zero attached hydrogens (tertiary/aromatic N) is 1. The van der Waals surface area contributed by atoms with E-state index < -0.39 is 0 Å². The van der Waals surface area contributed by atoms with Gasteiger partial charge in [-0.05, 0) is 19.3 Å². The molecule has 0 amide bonds. The van der Waals surface area contributed by atoms with Gasteiger partial charge in [-0.15, -0.1) is 0 Å². The van der Waals surface area contributed by atoms with Gasteiger partial charge in [0.05, 0.1) is 12.7 Å². The van der Waals surface area contributed by atoms with Crippen molar-refractivity contribution in [3.8, 4) is 6.07 Å². The first kappa shape index (κ1) is 14.7. The monoisotopic (exact) mass is 223 g/mol. The molecule has 0 saturated heterocycles. The van der Waals surface area contributed by atoms with Crippen LogP contribution >= 0.6 is 0 Å². The van der Waals surface area contributed by atoms with E-state index in [-0.39, 0.29) is 5.97 Å². The standard InChI is InChI=1S/C13H21NO2/c1-4-6-7-12(5-2)10-16-13(15)11(3)8-9-14/h8,12H,4-7,10H2,1-3H3. The highest BCUT2D eigenvalue weighted by molar-refractivity contribution is 5.88. The van der Waals surface area contributed by atoms with Gasteiger partial charge in [-0.1, -0.05) is 33.1 Å². The van der Waals surface area contributed by atoms with E-state index in [4.69, 9.17) is 10.00 Å². The maximum absolute atomic E-state index is 11.4. The minimum Gasteiger partial charge on any atom is -0.462 e. The van der Waals surface area contributed by atoms with Crippen LogP contribution in [0.3, 0.4) is 0 Å². The van der Waals surface area contributed by atoms with Crippen LogP contribution in [0.25, 0.3) is 0 Å². The molecule has 1 atom stereocenters. The first-order valence-corrected chi connectivity index (χ1v) is 5.89. The zero-order chi connectivity index (χ0) is 12.4. The fraction of sp³-hybridized carbons (Fsp3) is 0.692. The van der Waals surface area contributed by atoms with Gasteiger partial charge in [0, 0.05) is 11.6 Å². The molecule has 3 heteroatoms. The van der Waals surface area contributed by atoms with Crippen molar-refractivity contribution in [3.63, 3.8) is 0 Å². The summed E-state index contributed by atoms with van der Waals surface area (Å²) in [4.78, 5) is 11.4. The summed E-state index contributed by atoms with van der Waals surface area (Å²) in [7, 11) is 0. The Morgan fingerprint density at radius 3 is 2.69 bits per heavy atom. The van der Waals surface area contributed by atoms with E-state index in [0.717, 1.165) is 19.3 Å². The van der Waals surface area contributed by atoms with Gasteiger partial charge >= 0.3 is 5.97 Å². The van der Waals surface area contributed by atoms with Crippen molar-refractivity contribution in [2.75, 3.05) is 6.61 Å². The second-order valence-electron chi connectivity index (χ2n) is 3.97. The Balaban J connectivity index is 3.98. The number of hydrogen-bond acceptors (Lipinski definition) is 3. The van der Waals surface area contributed by atoms with E-state index in [1.54, 1.807) is 6.92 Å². The molecule has 1 unspecified atom stereocenters. The first-order valence-electron chi connectivity index (χ1n) is 5.89. The summed E-state index contributed by atoms with van der Waals surface area (Å²) in [5.74, 6) is 0.0651. The van der Waals surface area contributed by atoms with Crippen LogP contribution in [-0.2, 0) is 9.53 Å². The maximum Gasteiger partial charge on any atom is 0.334 e. The molecule has 0 aromatic heterocycles. The molecular formula is C13H21NO2. The van der Waals surface area contributed by atoms with E-state index in [0.29, 0.717) is 18.1 Å². The van der Waals surface area contributed by atoms with Crippen LogP contribution < -0.4 is 0 Å². The molecule has 0 radical (unpaired) electrons. The summed E-state index contributed by atoms with van der Waals surface area (Å²) in [5, 5.41) is 8.39. The topological polar surface area (TPSA) is 50.1 Å². The Morgan fingerprint density at radius 1 is 1.50 bits per heavy atom. The van der Waals surface area contributed by atoms with Gasteiger partial charge < -0.3 is 4.74 Å². The Hall–Kier alpha value is -1.30. The third-order valence-corrected chi connectivity index (χ3v) is 2.60. The SMILES string of the molecule is CCCCC(CC)COC(=O)C(C)=CC#N. The third-order valence-electron chi connectivity index (χ3n) is 2.60. The lowest BCUT2D eigenvalue weighted by Gasteiger charge is -2.14. The summed E-state index contributed by atoms with van der Waals surface area (Å²) in [6.45, 7) is 6.31. The molecule has 0 spiro atoms. The minimum atomic E-state index is -0.378. The van der Waals surface area contributed by atoms with Gasteiger partial charge in [0.25, 0.3) is 0 Å². The zero-order valence-corrected chi connectivity index (χ0v) is 10.5. The summed E-state index contributed by atoms with van der Waals surface area (Å²) >= 11 is 0. The van der Waals surface area contributed by atoms with E-state index >= 15 is 0 Å². The molecule has 0 aliphatic rings. The quantitative estimate of drug-likeness (QED) is 0.378. The number of esters is 1. The number of nitriles is 1. The van der Waals surface area contributed by atoms with Crippen LogP contribution in [-0.4, -0.2) is 12.6 Å². The lowest BCUT2D eigenvalue weighted by Crippen LogP contribution is -2.14. The fourth-order valence-electron chi connectivity index (χ4n) is 1.36. The Morgan fingerprint density at radius 2 is 2.19 bits per heavy atom. The number of carbonyl (C=O) groups excluding carboxylic acids is 1. The van der Waals surface area contributed by atoms with E-state index in [9.17, 15) is 4.79 Å². The molecule has 90 valence electrons. The Labute approximate surface area is 98.1 Å². The highest BCUT2D eigenvalue weighted by atomic mass is 16.5. The molecule has 0 heterocycles. The molecule has 0 fully saturated rings. The molecule has 0 aliphatic carbocycles. The minimum absolute atomic E-state index is 0.368. The lowest BCUT2D eigenvalue weighted by atomic mass is 10.0. The van der Waals surface area contributed by atoms with Crippen LogP contribution in [0.5, 0.6) is 0 Å². The number of allylic oxidation sites excluding steroid dienone is 1. The summed E-state index contributed by atoms with van der Waals surface area (Å²) < 4.78 is 5.15. The van der Waals surface area contributed by atoms with Gasteiger partial charge in [0.1, 0.15) is 0 Å². The number of carbonyl (C=O) groups is 1. The van der Waals surface area contributed by atoms with Crippen molar-refractivity contribution < 1.29 is 9.53 Å². The molecule has 3 nitrogen and oxygen atoms in total. The van der Waals surface area contributed by atoms with Gasteiger partial charge in [-0.3, -0.25) is 0 Å². The maximum atomic E-state index is 11.4. The molecule has 0 bridgehead atoms. The van der Waals surface area contributed by atoms with Crippen molar-refractivity contribution in [2.24, 2.45) is 5.92 Å². The molecule has 0 rings (SSSR count). The van der Waals surface area contributed by atoms with Crippen LogP contribution in [0.1, 0.15) is 46.5 Å². The van der Waals surface area contributed by atoms with Crippen molar-refractivity contribution >= 4 is 5.97 Å². The van der Waals surface area contributed by atoms with E-state index in [1.807, 2.05) is 6.07 Å². The Bertz CT molecular complexity index is 276. The summed E-state index contributed by atoms with van der Waals surface area (Å²) in [5.41, 5.74) is 0.368. The van der Waals surface area contributed by atoms with Gasteiger partial charge in [-0.2, -0.15) is 5.26 Å². The van der Waals surface area contributed by atoms with Gasteiger partial charge in [0.2, 0.25) is 0 Å². The predicted molar refractivity (Wildman–Crippen MR) is 63.6 cm³/mol. The predicted octanol–water partition coefficient (Wildman–Crippen LogP) is 3.22. The molecule has 16 heavy (non-hydrogen) atoms. The summed E-state index contributed by atoms with van der Waals surface area (Å²) in [6.07, 6.45) is 5.67. The van der Waals surface area contributed by atoms with Crippen LogP contribution in [0.4, 0.5) is 0 Å². The molecule has 0 aromatic carbocycles. The van der Waals surface area contributed by atoms with Crippen molar-refractivity contribution in [2.45, 2.75) is 46.5 Å². The van der Waals surface area contributed by atoms with Gasteiger partial charge in [0.15, 0.2) is 0 Å². The number of ether oxygens (including phenoxy) is 1. The number of unbranched alkanes of at least 4 members (excludes halogenated alkanes) is 1. The number of rotatable bonds is 7. The lowest BCUT2D eigenvalue weighted by molar-refractivity contribution is -0.140. The van der Waals surface area contributed by atoms with Crippen molar-refractivity contribution in [3.05, 3.63) is 11.6 Å². The van der Waals surface area contributed by atoms with Gasteiger partial charge in [-0.25, -0.2) is 4.79 Å². The third kappa shape index (κ3) is 6.23. The second kappa shape index (κ2) is 8.96. The number of hydrogen-bond donors (Lipinski definition) is 0. The Kier molecular flexibility index (Phi) is 8.24. The van der Waals surface area contributed by atoms with Crippen molar-refractivity contribution in [1.29, 1.82) is 5.26 Å². The highest BCUT2D eigenvalue weighted by Gasteiger charge is 2.10.